The van der Waals surface area contributed by atoms with Crippen molar-refractivity contribution in [3.8, 4) is 11.8 Å². The van der Waals surface area contributed by atoms with E-state index in [4.69, 9.17) is 10.00 Å². The third-order valence-electron chi connectivity index (χ3n) is 2.81. The van der Waals surface area contributed by atoms with E-state index in [2.05, 4.69) is 17.1 Å². The molecule has 0 amide bonds. The van der Waals surface area contributed by atoms with Gasteiger partial charge < -0.3 is 9.72 Å². The van der Waals surface area contributed by atoms with Crippen LogP contribution >= 0.6 is 0 Å². The van der Waals surface area contributed by atoms with Gasteiger partial charge in [-0.1, -0.05) is 0 Å². The highest BCUT2D eigenvalue weighted by atomic mass is 16.5. The third-order valence-corrected chi connectivity index (χ3v) is 2.81. The number of nitrogens with one attached hydrogen (secondary N) is 1. The lowest BCUT2D eigenvalue weighted by Crippen LogP contribution is -1.86. The van der Waals surface area contributed by atoms with Crippen molar-refractivity contribution < 1.29 is 4.74 Å². The fourth-order valence-electron chi connectivity index (χ4n) is 2.05. The molecule has 0 aliphatic carbocycles. The molecule has 1 heterocycles. The topological polar surface area (TPSA) is 48.8 Å². The summed E-state index contributed by atoms with van der Waals surface area (Å²) in [7, 11) is 1.66. The first-order valence-electron chi connectivity index (χ1n) is 5.20. The predicted octanol–water partition coefficient (Wildman–Crippen LogP) is 2.86. The lowest BCUT2D eigenvalue weighted by atomic mass is 10.1. The summed E-state index contributed by atoms with van der Waals surface area (Å²) in [6.07, 6.45) is 0.429. The first kappa shape index (κ1) is 10.6. The van der Waals surface area contributed by atoms with Crippen molar-refractivity contribution in [1.29, 1.82) is 5.26 Å². The molecule has 2 rings (SSSR count). The fourth-order valence-corrected chi connectivity index (χ4v) is 2.05. The molecule has 1 N–H and O–H groups in total. The summed E-state index contributed by atoms with van der Waals surface area (Å²) in [4.78, 5) is 3.28. The fraction of sp³-hybridized carbons (Fsp3) is 0.308. The maximum absolute atomic E-state index is 8.82. The highest BCUT2D eigenvalue weighted by Crippen LogP contribution is 2.31. The molecule has 0 aliphatic heterocycles. The number of hydrogen-bond donors (Lipinski definition) is 1. The third kappa shape index (κ3) is 1.53. The summed E-state index contributed by atoms with van der Waals surface area (Å²) in [5.74, 6) is 0.835. The van der Waals surface area contributed by atoms with Gasteiger partial charge in [-0.05, 0) is 37.1 Å². The number of methoxy groups -OCH3 is 1. The van der Waals surface area contributed by atoms with Crippen molar-refractivity contribution in [1.82, 2.24) is 4.98 Å². The van der Waals surface area contributed by atoms with E-state index in [9.17, 15) is 0 Å². The molecule has 16 heavy (non-hydrogen) atoms. The molecule has 0 unspecified atom stereocenters. The second-order valence-corrected chi connectivity index (χ2v) is 3.95. The molecule has 3 heteroatoms. The van der Waals surface area contributed by atoms with Crippen LogP contribution in [0.25, 0.3) is 10.9 Å². The van der Waals surface area contributed by atoms with E-state index in [-0.39, 0.29) is 0 Å². The molecular weight excluding hydrogens is 200 g/mol. The Morgan fingerprint density at radius 1 is 1.38 bits per heavy atom. The van der Waals surface area contributed by atoms with Crippen LogP contribution in [0.1, 0.15) is 16.8 Å². The Kier molecular flexibility index (Phi) is 2.57. The minimum absolute atomic E-state index is 0.429. The lowest BCUT2D eigenvalue weighted by Gasteiger charge is -2.03. The van der Waals surface area contributed by atoms with Gasteiger partial charge in [0, 0.05) is 11.1 Å². The van der Waals surface area contributed by atoms with Crippen LogP contribution in [0.5, 0.6) is 5.75 Å². The van der Waals surface area contributed by atoms with Crippen LogP contribution in [0.15, 0.2) is 12.1 Å². The molecular formula is C13H14N2O. The van der Waals surface area contributed by atoms with Gasteiger partial charge in [0.25, 0.3) is 0 Å². The smallest absolute Gasteiger partial charge is 0.143 e. The minimum Gasteiger partial charge on any atom is -0.495 e. The number of hydrogen-bond acceptors (Lipinski definition) is 2. The van der Waals surface area contributed by atoms with Gasteiger partial charge in [0.1, 0.15) is 5.75 Å². The Bertz CT molecular complexity index is 576. The second-order valence-electron chi connectivity index (χ2n) is 3.95. The van der Waals surface area contributed by atoms with Crippen LogP contribution in [0.4, 0.5) is 0 Å². The van der Waals surface area contributed by atoms with Crippen molar-refractivity contribution in [3.63, 3.8) is 0 Å². The second kappa shape index (κ2) is 3.90. The molecule has 0 saturated carbocycles. The Morgan fingerprint density at radius 2 is 2.12 bits per heavy atom. The quantitative estimate of drug-likeness (QED) is 0.835. The average molecular weight is 214 g/mol. The summed E-state index contributed by atoms with van der Waals surface area (Å²) in [5, 5.41) is 9.92. The van der Waals surface area contributed by atoms with E-state index in [1.54, 1.807) is 7.11 Å². The zero-order chi connectivity index (χ0) is 11.7. The highest BCUT2D eigenvalue weighted by Gasteiger charge is 2.12. The van der Waals surface area contributed by atoms with E-state index >= 15 is 0 Å². The van der Waals surface area contributed by atoms with Gasteiger partial charge in [-0.15, -0.1) is 0 Å². The molecule has 0 fully saturated rings. The Morgan fingerprint density at radius 3 is 2.75 bits per heavy atom. The largest absolute Gasteiger partial charge is 0.495 e. The van der Waals surface area contributed by atoms with Gasteiger partial charge in [0.05, 0.1) is 25.1 Å². The number of H-pyrrole nitrogens is 1. The zero-order valence-electron chi connectivity index (χ0n) is 9.72. The number of rotatable bonds is 2. The molecule has 0 radical (unpaired) electrons. The number of nitrogens with zero attached hydrogens (tertiary/aromatic N) is 1. The maximum Gasteiger partial charge on any atom is 0.143 e. The Labute approximate surface area is 94.7 Å². The van der Waals surface area contributed by atoms with Crippen LogP contribution in [0.3, 0.4) is 0 Å². The first-order valence-corrected chi connectivity index (χ1v) is 5.20. The summed E-state index contributed by atoms with van der Waals surface area (Å²) in [6.45, 7) is 4.02. The van der Waals surface area contributed by atoms with Crippen LogP contribution in [0.2, 0.25) is 0 Å². The van der Waals surface area contributed by atoms with Gasteiger partial charge in [-0.25, -0.2) is 0 Å². The number of fused-ring (bicyclic) bond motifs is 1. The van der Waals surface area contributed by atoms with Gasteiger partial charge >= 0.3 is 0 Å². The summed E-state index contributed by atoms with van der Waals surface area (Å²) >= 11 is 0. The molecule has 0 aliphatic rings. The van der Waals surface area contributed by atoms with E-state index in [1.807, 2.05) is 19.9 Å². The van der Waals surface area contributed by atoms with Crippen molar-refractivity contribution in [2.75, 3.05) is 7.11 Å². The number of aromatic amines is 1. The molecule has 0 bridgehead atoms. The van der Waals surface area contributed by atoms with Crippen LogP contribution < -0.4 is 4.74 Å². The molecule has 1 aromatic carbocycles. The molecule has 2 aromatic rings. The highest BCUT2D eigenvalue weighted by molar-refractivity contribution is 5.90. The average Bonchev–Trinajstić information content (AvgIpc) is 2.56. The molecule has 0 spiro atoms. The molecule has 3 nitrogen and oxygen atoms in total. The SMILES string of the molecule is COc1cc(C)cc2c(CC#N)c(C)[nH]c12. The van der Waals surface area contributed by atoms with E-state index in [0.29, 0.717) is 6.42 Å². The lowest BCUT2D eigenvalue weighted by molar-refractivity contribution is 0.418. The number of aromatic nitrogens is 1. The molecule has 1 aromatic heterocycles. The summed E-state index contributed by atoms with van der Waals surface area (Å²) in [6, 6.07) is 6.28. The van der Waals surface area contributed by atoms with Gasteiger partial charge in [0.15, 0.2) is 0 Å². The summed E-state index contributed by atoms with van der Waals surface area (Å²) in [5.41, 5.74) is 4.23. The van der Waals surface area contributed by atoms with Crippen molar-refractivity contribution >= 4 is 10.9 Å². The van der Waals surface area contributed by atoms with E-state index < -0.39 is 0 Å². The number of ether oxygens (including phenoxy) is 1. The predicted molar refractivity (Wildman–Crippen MR) is 63.6 cm³/mol. The first-order chi connectivity index (χ1) is 7.67. The summed E-state index contributed by atoms with van der Waals surface area (Å²) < 4.78 is 5.34. The number of aryl methyl sites for hydroxylation is 2. The van der Waals surface area contributed by atoms with Crippen LogP contribution in [0, 0.1) is 25.2 Å². The standard InChI is InChI=1S/C13H14N2O/c1-8-6-11-10(4-5-14)9(2)15-13(11)12(7-8)16-3/h6-7,15H,4H2,1-3H3. The van der Waals surface area contributed by atoms with Crippen molar-refractivity contribution in [2.45, 2.75) is 20.3 Å². The monoisotopic (exact) mass is 214 g/mol. The van der Waals surface area contributed by atoms with Crippen molar-refractivity contribution in [2.24, 2.45) is 0 Å². The molecule has 0 saturated heterocycles. The molecule has 82 valence electrons. The number of nitriles is 1. The van der Waals surface area contributed by atoms with Gasteiger partial charge in [0.2, 0.25) is 0 Å². The van der Waals surface area contributed by atoms with E-state index in [1.165, 1.54) is 0 Å². The number of benzene rings is 1. The van der Waals surface area contributed by atoms with Crippen LogP contribution in [-0.4, -0.2) is 12.1 Å². The van der Waals surface area contributed by atoms with Gasteiger partial charge in [-0.2, -0.15) is 5.26 Å². The van der Waals surface area contributed by atoms with Crippen molar-refractivity contribution in [3.05, 3.63) is 29.0 Å². The maximum atomic E-state index is 8.82. The van der Waals surface area contributed by atoms with Gasteiger partial charge in [-0.3, -0.25) is 0 Å². The Balaban J connectivity index is 2.79. The van der Waals surface area contributed by atoms with E-state index in [0.717, 1.165) is 33.5 Å². The molecule has 0 atom stereocenters. The zero-order valence-corrected chi connectivity index (χ0v) is 9.72. The van der Waals surface area contributed by atoms with Crippen LogP contribution in [-0.2, 0) is 6.42 Å². The normalized spacial score (nSPS) is 10.4. The minimum atomic E-state index is 0.429. The Hall–Kier alpha value is -1.95.